The lowest BCUT2D eigenvalue weighted by atomic mass is 9.94. The summed E-state index contributed by atoms with van der Waals surface area (Å²) in [5, 5.41) is 21.3. The van der Waals surface area contributed by atoms with Crippen molar-refractivity contribution in [1.29, 1.82) is 0 Å². The third-order valence-electron chi connectivity index (χ3n) is 3.69. The Labute approximate surface area is 118 Å². The van der Waals surface area contributed by atoms with Gasteiger partial charge >= 0.3 is 5.97 Å². The highest BCUT2D eigenvalue weighted by molar-refractivity contribution is 5.86. The van der Waals surface area contributed by atoms with Crippen LogP contribution in [0.4, 0.5) is 5.82 Å². The Bertz CT molecular complexity index is 439. The molecule has 0 saturated heterocycles. The Hall–Kier alpha value is -1.69. The molecule has 0 aromatic carbocycles. The van der Waals surface area contributed by atoms with Crippen LogP contribution in [0.5, 0.6) is 0 Å². The zero-order valence-corrected chi connectivity index (χ0v) is 11.8. The molecule has 0 unspecified atom stereocenters. The second-order valence-electron chi connectivity index (χ2n) is 5.29. The Morgan fingerprint density at radius 1 is 1.30 bits per heavy atom. The average molecular weight is 279 g/mol. The van der Waals surface area contributed by atoms with Crippen molar-refractivity contribution in [2.45, 2.75) is 44.1 Å². The number of nitrogens with one attached hydrogen (secondary N) is 1. The summed E-state index contributed by atoms with van der Waals surface area (Å²) in [6.45, 7) is 0.458. The predicted molar refractivity (Wildman–Crippen MR) is 74.5 cm³/mol. The van der Waals surface area contributed by atoms with Crippen LogP contribution in [-0.4, -0.2) is 40.5 Å². The van der Waals surface area contributed by atoms with E-state index < -0.39 is 11.6 Å². The number of methoxy groups -OCH3 is 1. The van der Waals surface area contributed by atoms with Crippen molar-refractivity contribution in [2.75, 3.05) is 19.0 Å². The molecule has 2 N–H and O–H groups in total. The number of ether oxygens (including phenoxy) is 1. The largest absolute Gasteiger partial charge is 0.464 e. The molecule has 1 fully saturated rings. The SMILES string of the molecule is COC(=O)c1ccc(NCC2(O)CCCCCC2)nn1. The van der Waals surface area contributed by atoms with Gasteiger partial charge in [0.05, 0.1) is 12.7 Å². The molecule has 0 aliphatic heterocycles. The topological polar surface area (TPSA) is 84.3 Å². The maximum Gasteiger partial charge on any atom is 0.358 e. The number of anilines is 1. The molecule has 1 heterocycles. The Morgan fingerprint density at radius 2 is 2.00 bits per heavy atom. The summed E-state index contributed by atoms with van der Waals surface area (Å²) < 4.78 is 4.56. The van der Waals surface area contributed by atoms with E-state index in [0.717, 1.165) is 25.7 Å². The van der Waals surface area contributed by atoms with E-state index in [0.29, 0.717) is 12.4 Å². The minimum atomic E-state index is -0.667. The van der Waals surface area contributed by atoms with Gasteiger partial charge in [0.25, 0.3) is 0 Å². The molecule has 1 saturated carbocycles. The van der Waals surface area contributed by atoms with Crippen molar-refractivity contribution in [3.63, 3.8) is 0 Å². The predicted octanol–water partition coefficient (Wildman–Crippen LogP) is 1.76. The van der Waals surface area contributed by atoms with Crippen molar-refractivity contribution in [3.8, 4) is 0 Å². The molecule has 0 bridgehead atoms. The molecule has 6 nitrogen and oxygen atoms in total. The number of carbonyl (C=O) groups is 1. The van der Waals surface area contributed by atoms with Crippen LogP contribution in [0.15, 0.2) is 12.1 Å². The molecule has 0 amide bonds. The molecule has 1 aliphatic rings. The third kappa shape index (κ3) is 3.90. The second-order valence-corrected chi connectivity index (χ2v) is 5.29. The maximum absolute atomic E-state index is 11.2. The van der Waals surface area contributed by atoms with Gasteiger partial charge in [-0.2, -0.15) is 0 Å². The lowest BCUT2D eigenvalue weighted by molar-refractivity contribution is 0.0380. The molecule has 20 heavy (non-hydrogen) atoms. The Kier molecular flexibility index (Phi) is 4.89. The van der Waals surface area contributed by atoms with E-state index in [-0.39, 0.29) is 5.69 Å². The molecule has 110 valence electrons. The number of rotatable bonds is 4. The zero-order chi connectivity index (χ0) is 14.4. The number of hydrogen-bond donors (Lipinski definition) is 2. The number of hydrogen-bond acceptors (Lipinski definition) is 6. The van der Waals surface area contributed by atoms with Gasteiger partial charge in [0.2, 0.25) is 0 Å². The summed E-state index contributed by atoms with van der Waals surface area (Å²) in [5.41, 5.74) is -0.495. The molecule has 0 atom stereocenters. The van der Waals surface area contributed by atoms with Crippen molar-refractivity contribution < 1.29 is 14.6 Å². The Morgan fingerprint density at radius 3 is 2.55 bits per heavy atom. The molecule has 2 rings (SSSR count). The first-order valence-corrected chi connectivity index (χ1v) is 7.01. The van der Waals surface area contributed by atoms with Gasteiger partial charge in [-0.25, -0.2) is 4.79 Å². The smallest absolute Gasteiger partial charge is 0.358 e. The number of carbonyl (C=O) groups excluding carboxylic acids is 1. The first-order valence-electron chi connectivity index (χ1n) is 7.01. The highest BCUT2D eigenvalue weighted by Gasteiger charge is 2.27. The van der Waals surface area contributed by atoms with Crippen LogP contribution in [0.2, 0.25) is 0 Å². The lowest BCUT2D eigenvalue weighted by Crippen LogP contribution is -2.36. The fraction of sp³-hybridized carbons (Fsp3) is 0.643. The summed E-state index contributed by atoms with van der Waals surface area (Å²) in [6, 6.07) is 3.22. The van der Waals surface area contributed by atoms with Gasteiger partial charge in [-0.05, 0) is 25.0 Å². The van der Waals surface area contributed by atoms with E-state index in [1.165, 1.54) is 20.0 Å². The van der Waals surface area contributed by atoms with Crippen LogP contribution in [0.1, 0.15) is 49.0 Å². The zero-order valence-electron chi connectivity index (χ0n) is 11.8. The first kappa shape index (κ1) is 14.7. The first-order chi connectivity index (χ1) is 9.63. The average Bonchev–Trinajstić information content (AvgIpc) is 2.70. The van der Waals surface area contributed by atoms with Crippen molar-refractivity contribution >= 4 is 11.8 Å². The highest BCUT2D eigenvalue weighted by atomic mass is 16.5. The minimum Gasteiger partial charge on any atom is -0.464 e. The van der Waals surface area contributed by atoms with Crippen LogP contribution in [0, 0.1) is 0 Å². The van der Waals surface area contributed by atoms with Gasteiger partial charge in [0.15, 0.2) is 5.69 Å². The fourth-order valence-electron chi connectivity index (χ4n) is 2.46. The van der Waals surface area contributed by atoms with E-state index in [1.807, 2.05) is 0 Å². The van der Waals surface area contributed by atoms with Gasteiger partial charge in [-0.3, -0.25) is 0 Å². The summed E-state index contributed by atoms with van der Waals surface area (Å²) in [6.07, 6.45) is 6.13. The molecule has 1 aromatic rings. The highest BCUT2D eigenvalue weighted by Crippen LogP contribution is 2.27. The van der Waals surface area contributed by atoms with E-state index in [2.05, 4.69) is 20.3 Å². The van der Waals surface area contributed by atoms with E-state index >= 15 is 0 Å². The number of esters is 1. The maximum atomic E-state index is 11.2. The van der Waals surface area contributed by atoms with Crippen molar-refractivity contribution in [1.82, 2.24) is 10.2 Å². The number of nitrogens with zero attached hydrogens (tertiary/aromatic N) is 2. The minimum absolute atomic E-state index is 0.172. The van der Waals surface area contributed by atoms with E-state index in [4.69, 9.17) is 0 Å². The van der Waals surface area contributed by atoms with Crippen LogP contribution in [0.3, 0.4) is 0 Å². The monoisotopic (exact) mass is 279 g/mol. The van der Waals surface area contributed by atoms with Crippen LogP contribution in [-0.2, 0) is 4.74 Å². The molecular weight excluding hydrogens is 258 g/mol. The summed E-state index contributed by atoms with van der Waals surface area (Å²) in [5.74, 6) is 0.0433. The van der Waals surface area contributed by atoms with Crippen LogP contribution >= 0.6 is 0 Å². The van der Waals surface area contributed by atoms with Gasteiger partial charge in [0.1, 0.15) is 5.82 Å². The fourth-order valence-corrected chi connectivity index (χ4v) is 2.46. The van der Waals surface area contributed by atoms with Crippen molar-refractivity contribution in [2.24, 2.45) is 0 Å². The molecule has 6 heteroatoms. The summed E-state index contributed by atoms with van der Waals surface area (Å²) >= 11 is 0. The van der Waals surface area contributed by atoms with Gasteiger partial charge in [-0.1, -0.05) is 25.7 Å². The number of aliphatic hydroxyl groups is 1. The number of aromatic nitrogens is 2. The van der Waals surface area contributed by atoms with E-state index in [1.54, 1.807) is 12.1 Å². The summed E-state index contributed by atoms with van der Waals surface area (Å²) in [7, 11) is 1.30. The van der Waals surface area contributed by atoms with Gasteiger partial charge in [-0.15, -0.1) is 10.2 Å². The Balaban J connectivity index is 1.91. The van der Waals surface area contributed by atoms with E-state index in [9.17, 15) is 9.90 Å². The van der Waals surface area contributed by atoms with Gasteiger partial charge in [0, 0.05) is 6.54 Å². The lowest BCUT2D eigenvalue weighted by Gasteiger charge is -2.26. The van der Waals surface area contributed by atoms with Crippen LogP contribution < -0.4 is 5.32 Å². The van der Waals surface area contributed by atoms with Crippen molar-refractivity contribution in [3.05, 3.63) is 17.8 Å². The van der Waals surface area contributed by atoms with Gasteiger partial charge < -0.3 is 15.2 Å². The summed E-state index contributed by atoms with van der Waals surface area (Å²) in [4.78, 5) is 11.2. The van der Waals surface area contributed by atoms with Crippen LogP contribution in [0.25, 0.3) is 0 Å². The quantitative estimate of drug-likeness (QED) is 0.645. The standard InChI is InChI=1S/C14H21N3O3/c1-20-13(18)11-6-7-12(17-16-11)15-10-14(19)8-4-2-3-5-9-14/h6-7,19H,2-5,8-10H2,1H3,(H,15,17). The molecule has 0 spiro atoms. The normalized spacial score (nSPS) is 18.1. The molecule has 1 aromatic heterocycles. The second kappa shape index (κ2) is 6.65. The third-order valence-corrected chi connectivity index (χ3v) is 3.69. The molecule has 0 radical (unpaired) electrons. The molecular formula is C14H21N3O3. The molecule has 1 aliphatic carbocycles.